The maximum atomic E-state index is 12.1. The van der Waals surface area contributed by atoms with Gasteiger partial charge in [-0.3, -0.25) is 14.2 Å². The minimum absolute atomic E-state index is 0.151. The maximum absolute atomic E-state index is 12.1. The van der Waals surface area contributed by atoms with E-state index in [0.29, 0.717) is 5.69 Å². The Kier molecular flexibility index (Phi) is 4.19. The second kappa shape index (κ2) is 5.74. The highest BCUT2D eigenvalue weighted by Gasteiger charge is 2.12. The van der Waals surface area contributed by atoms with Crippen molar-refractivity contribution >= 4 is 38.9 Å². The molecule has 0 aliphatic carbocycles. The molecule has 0 radical (unpaired) electrons. The van der Waals surface area contributed by atoms with Crippen molar-refractivity contribution in [3.05, 3.63) is 41.2 Å². The predicted octanol–water partition coefficient (Wildman–Crippen LogP) is 1.70. The van der Waals surface area contributed by atoms with Crippen LogP contribution in [0.4, 0.5) is 11.4 Å². The van der Waals surface area contributed by atoms with Crippen molar-refractivity contribution in [1.29, 1.82) is 0 Å². The lowest BCUT2D eigenvalue weighted by Gasteiger charge is -2.09. The molecule has 0 fully saturated rings. The molecule has 0 spiro atoms. The van der Waals surface area contributed by atoms with Crippen LogP contribution in [0.1, 0.15) is 10.4 Å². The van der Waals surface area contributed by atoms with Gasteiger partial charge in [0.2, 0.25) is 10.0 Å². The fourth-order valence-corrected chi connectivity index (χ4v) is 2.42. The van der Waals surface area contributed by atoms with Crippen LogP contribution in [0.5, 0.6) is 0 Å². The lowest BCUT2D eigenvalue weighted by atomic mass is 10.2. The largest absolute Gasteiger partial charge is 0.319 e. The number of anilines is 2. The van der Waals surface area contributed by atoms with Gasteiger partial charge in [-0.2, -0.15) is 5.10 Å². The highest BCUT2D eigenvalue weighted by Crippen LogP contribution is 2.24. The van der Waals surface area contributed by atoms with Crippen molar-refractivity contribution in [3.8, 4) is 0 Å². The van der Waals surface area contributed by atoms with E-state index < -0.39 is 15.9 Å². The van der Waals surface area contributed by atoms with Crippen LogP contribution < -0.4 is 10.0 Å². The zero-order valence-corrected chi connectivity index (χ0v) is 12.9. The Balaban J connectivity index is 2.23. The lowest BCUT2D eigenvalue weighted by Crippen LogP contribution is -2.14. The van der Waals surface area contributed by atoms with Crippen molar-refractivity contribution in [3.63, 3.8) is 0 Å². The molecule has 0 atom stereocenters. The van der Waals surface area contributed by atoms with E-state index in [1.54, 1.807) is 17.9 Å². The van der Waals surface area contributed by atoms with Crippen LogP contribution in [0.15, 0.2) is 30.6 Å². The molecule has 0 unspecified atom stereocenters. The van der Waals surface area contributed by atoms with Gasteiger partial charge in [-0.1, -0.05) is 11.6 Å². The average molecular weight is 329 g/mol. The summed E-state index contributed by atoms with van der Waals surface area (Å²) < 4.78 is 26.3. The number of aryl methyl sites for hydroxylation is 1. The SMILES string of the molecule is Cn1cc(NC(=O)c2ccc(Cl)c(NS(C)(=O)=O)c2)cn1. The quantitative estimate of drug-likeness (QED) is 0.893. The highest BCUT2D eigenvalue weighted by atomic mass is 35.5. The van der Waals surface area contributed by atoms with Gasteiger partial charge in [0.25, 0.3) is 5.91 Å². The minimum Gasteiger partial charge on any atom is -0.319 e. The summed E-state index contributed by atoms with van der Waals surface area (Å²) in [6.07, 6.45) is 4.15. The van der Waals surface area contributed by atoms with E-state index >= 15 is 0 Å². The van der Waals surface area contributed by atoms with Crippen molar-refractivity contribution in [2.45, 2.75) is 0 Å². The van der Waals surface area contributed by atoms with E-state index in [1.165, 1.54) is 24.4 Å². The van der Waals surface area contributed by atoms with Crippen LogP contribution in [-0.4, -0.2) is 30.4 Å². The van der Waals surface area contributed by atoms with Crippen molar-refractivity contribution in [2.75, 3.05) is 16.3 Å². The topological polar surface area (TPSA) is 93.1 Å². The molecule has 0 saturated carbocycles. The van der Waals surface area contributed by atoms with Crippen LogP contribution >= 0.6 is 11.6 Å². The number of nitrogens with zero attached hydrogens (tertiary/aromatic N) is 2. The van der Waals surface area contributed by atoms with Gasteiger partial charge >= 0.3 is 0 Å². The molecular weight excluding hydrogens is 316 g/mol. The maximum Gasteiger partial charge on any atom is 0.255 e. The first-order chi connectivity index (χ1) is 9.74. The van der Waals surface area contributed by atoms with E-state index in [9.17, 15) is 13.2 Å². The molecule has 2 rings (SSSR count). The Morgan fingerprint density at radius 1 is 1.38 bits per heavy atom. The summed E-state index contributed by atoms with van der Waals surface area (Å²) in [6, 6.07) is 4.32. The molecule has 21 heavy (non-hydrogen) atoms. The molecular formula is C12H13ClN4O3S. The van der Waals surface area contributed by atoms with Crippen LogP contribution in [0.3, 0.4) is 0 Å². The van der Waals surface area contributed by atoms with Crippen LogP contribution in [0, 0.1) is 0 Å². The van der Waals surface area contributed by atoms with Gasteiger partial charge < -0.3 is 5.32 Å². The van der Waals surface area contributed by atoms with E-state index in [2.05, 4.69) is 15.1 Å². The fraction of sp³-hybridized carbons (Fsp3) is 0.167. The fourth-order valence-electron chi connectivity index (χ4n) is 1.63. The molecule has 1 amide bonds. The summed E-state index contributed by atoms with van der Waals surface area (Å²) in [5.41, 5.74) is 0.961. The molecule has 0 saturated heterocycles. The van der Waals surface area contributed by atoms with Crippen LogP contribution in [0.25, 0.3) is 0 Å². The number of halogens is 1. The average Bonchev–Trinajstić information content (AvgIpc) is 2.75. The molecule has 112 valence electrons. The van der Waals surface area contributed by atoms with E-state index in [4.69, 9.17) is 11.6 Å². The van der Waals surface area contributed by atoms with Crippen molar-refractivity contribution < 1.29 is 13.2 Å². The summed E-state index contributed by atoms with van der Waals surface area (Å²) in [5.74, 6) is -0.392. The minimum atomic E-state index is -3.48. The summed E-state index contributed by atoms with van der Waals surface area (Å²) in [7, 11) is -1.75. The molecule has 2 N–H and O–H groups in total. The van der Waals surface area contributed by atoms with Gasteiger partial charge in [-0.25, -0.2) is 8.42 Å². The first-order valence-electron chi connectivity index (χ1n) is 5.82. The van der Waals surface area contributed by atoms with Gasteiger partial charge in [0, 0.05) is 18.8 Å². The number of rotatable bonds is 4. The molecule has 7 nitrogen and oxygen atoms in total. The highest BCUT2D eigenvalue weighted by molar-refractivity contribution is 7.92. The summed E-state index contributed by atoms with van der Waals surface area (Å²) in [6.45, 7) is 0. The Labute approximate surface area is 127 Å². The number of benzene rings is 1. The Bertz CT molecular complexity index is 786. The zero-order valence-electron chi connectivity index (χ0n) is 11.3. The van der Waals surface area contributed by atoms with Gasteiger partial charge in [0.15, 0.2) is 0 Å². The number of carbonyl (C=O) groups excluding carboxylic acids is 1. The van der Waals surface area contributed by atoms with Gasteiger partial charge in [0.1, 0.15) is 0 Å². The second-order valence-corrected chi connectivity index (χ2v) is 6.58. The molecule has 1 aromatic carbocycles. The molecule has 1 heterocycles. The third-order valence-corrected chi connectivity index (χ3v) is 3.41. The molecule has 0 aliphatic rings. The van der Waals surface area contributed by atoms with Crippen LogP contribution in [-0.2, 0) is 17.1 Å². The van der Waals surface area contributed by atoms with Crippen molar-refractivity contribution in [1.82, 2.24) is 9.78 Å². The molecule has 2 aromatic rings. The summed E-state index contributed by atoms with van der Waals surface area (Å²) in [5, 5.41) is 6.79. The first-order valence-corrected chi connectivity index (χ1v) is 8.09. The van der Waals surface area contributed by atoms with Crippen molar-refractivity contribution in [2.24, 2.45) is 7.05 Å². The number of amides is 1. The smallest absolute Gasteiger partial charge is 0.255 e. The molecule has 1 aromatic heterocycles. The van der Waals surface area contributed by atoms with E-state index in [1.807, 2.05) is 0 Å². The van der Waals surface area contributed by atoms with Gasteiger partial charge in [-0.15, -0.1) is 0 Å². The summed E-state index contributed by atoms with van der Waals surface area (Å²) in [4.78, 5) is 12.1. The zero-order chi connectivity index (χ0) is 15.6. The first kappa shape index (κ1) is 15.3. The normalized spacial score (nSPS) is 11.2. The number of carbonyl (C=O) groups is 1. The number of hydrogen-bond acceptors (Lipinski definition) is 4. The van der Waals surface area contributed by atoms with Gasteiger partial charge in [0.05, 0.1) is 28.9 Å². The number of nitrogens with one attached hydrogen (secondary N) is 2. The standard InChI is InChI=1S/C12H13ClN4O3S/c1-17-7-9(6-14-17)15-12(18)8-3-4-10(13)11(5-8)16-21(2,19)20/h3-7,16H,1-2H3,(H,15,18). The van der Waals surface area contributed by atoms with Gasteiger partial charge in [-0.05, 0) is 18.2 Å². The van der Waals surface area contributed by atoms with E-state index in [-0.39, 0.29) is 16.3 Å². The second-order valence-electron chi connectivity index (χ2n) is 4.43. The molecule has 0 bridgehead atoms. The molecule has 0 aliphatic heterocycles. The predicted molar refractivity (Wildman–Crippen MR) is 81.1 cm³/mol. The lowest BCUT2D eigenvalue weighted by molar-refractivity contribution is 0.102. The number of hydrogen-bond donors (Lipinski definition) is 2. The third-order valence-electron chi connectivity index (χ3n) is 2.49. The summed E-state index contributed by atoms with van der Waals surface area (Å²) >= 11 is 5.90. The number of sulfonamides is 1. The van der Waals surface area contributed by atoms with Crippen LogP contribution in [0.2, 0.25) is 5.02 Å². The third kappa shape index (κ3) is 4.20. The van der Waals surface area contributed by atoms with E-state index in [0.717, 1.165) is 6.26 Å². The Hall–Kier alpha value is -2.06. The Morgan fingerprint density at radius 2 is 2.10 bits per heavy atom. The molecule has 9 heteroatoms. The Morgan fingerprint density at radius 3 is 2.67 bits per heavy atom. The number of aromatic nitrogens is 2. The monoisotopic (exact) mass is 328 g/mol.